The van der Waals surface area contributed by atoms with Crippen LogP contribution in [0.2, 0.25) is 0 Å². The molecule has 4 nitrogen and oxygen atoms in total. The zero-order valence-electron chi connectivity index (χ0n) is 12.6. The molecule has 0 fully saturated rings. The van der Waals surface area contributed by atoms with E-state index < -0.39 is 0 Å². The highest BCUT2D eigenvalue weighted by Gasteiger charge is 2.32. The minimum Gasteiger partial charge on any atom is -0.297 e. The molecule has 3 rings (SSSR count). The molecule has 0 aromatic carbocycles. The van der Waals surface area contributed by atoms with Gasteiger partial charge in [0.25, 0.3) is 0 Å². The van der Waals surface area contributed by atoms with Crippen LogP contribution in [0.15, 0.2) is 12.2 Å². The average molecular weight is 288 g/mol. The zero-order valence-corrected chi connectivity index (χ0v) is 13.4. The molecular formula is C15H20N4S. The van der Waals surface area contributed by atoms with Crippen LogP contribution in [0.25, 0.3) is 5.00 Å². The SMILES string of the molecule is C=C(C)C1NC(C)c2nnc(C)n2-c2sc(C)c(C)c21. The first-order valence-corrected chi connectivity index (χ1v) is 7.67. The van der Waals surface area contributed by atoms with Crippen molar-refractivity contribution in [1.29, 1.82) is 0 Å². The summed E-state index contributed by atoms with van der Waals surface area (Å²) in [5.74, 6) is 1.92. The number of nitrogens with zero attached hydrogens (tertiary/aromatic N) is 3. The Kier molecular flexibility index (Phi) is 3.06. The monoisotopic (exact) mass is 288 g/mol. The summed E-state index contributed by atoms with van der Waals surface area (Å²) in [6.07, 6.45) is 0. The van der Waals surface area contributed by atoms with E-state index in [1.165, 1.54) is 21.0 Å². The fraction of sp³-hybridized carbons (Fsp3) is 0.467. The Morgan fingerprint density at radius 2 is 2.00 bits per heavy atom. The quantitative estimate of drug-likeness (QED) is 0.816. The van der Waals surface area contributed by atoms with Gasteiger partial charge in [-0.1, -0.05) is 12.2 Å². The van der Waals surface area contributed by atoms with Gasteiger partial charge in [0.15, 0.2) is 5.82 Å². The third-order valence-corrected chi connectivity index (χ3v) is 5.26. The van der Waals surface area contributed by atoms with E-state index in [1.807, 2.05) is 18.3 Å². The highest BCUT2D eigenvalue weighted by Crippen LogP contribution is 2.41. The van der Waals surface area contributed by atoms with E-state index in [2.05, 4.69) is 54.4 Å². The molecule has 5 heteroatoms. The molecule has 0 saturated carbocycles. The summed E-state index contributed by atoms with van der Waals surface area (Å²) in [4.78, 5) is 1.34. The number of nitrogens with one attached hydrogen (secondary N) is 1. The molecule has 2 atom stereocenters. The van der Waals surface area contributed by atoms with E-state index in [0.29, 0.717) is 0 Å². The van der Waals surface area contributed by atoms with Gasteiger partial charge in [-0.25, -0.2) is 0 Å². The molecular weight excluding hydrogens is 268 g/mol. The molecule has 0 spiro atoms. The molecule has 0 saturated heterocycles. The molecule has 3 heterocycles. The van der Waals surface area contributed by atoms with Crippen molar-refractivity contribution >= 4 is 11.3 Å². The Bertz CT molecular complexity index is 695. The molecule has 0 bridgehead atoms. The summed E-state index contributed by atoms with van der Waals surface area (Å²) in [6, 6.07) is 0.322. The Morgan fingerprint density at radius 1 is 1.30 bits per heavy atom. The first-order valence-electron chi connectivity index (χ1n) is 6.85. The van der Waals surface area contributed by atoms with Crippen LogP contribution in [-0.2, 0) is 0 Å². The summed E-state index contributed by atoms with van der Waals surface area (Å²) in [6.45, 7) is 14.8. The van der Waals surface area contributed by atoms with Crippen LogP contribution in [0.1, 0.15) is 53.6 Å². The number of aryl methyl sites for hydroxylation is 2. The number of rotatable bonds is 1. The summed E-state index contributed by atoms with van der Waals surface area (Å²) in [7, 11) is 0. The van der Waals surface area contributed by atoms with Crippen LogP contribution in [0.4, 0.5) is 0 Å². The van der Waals surface area contributed by atoms with Gasteiger partial charge in [-0.3, -0.25) is 9.88 Å². The smallest absolute Gasteiger partial charge is 0.155 e. The summed E-state index contributed by atoms with van der Waals surface area (Å²) in [5.41, 5.74) is 3.81. The predicted octanol–water partition coefficient (Wildman–Crippen LogP) is 3.54. The van der Waals surface area contributed by atoms with Gasteiger partial charge in [0, 0.05) is 10.4 Å². The van der Waals surface area contributed by atoms with Crippen molar-refractivity contribution < 1.29 is 0 Å². The molecule has 1 N–H and O–H groups in total. The fourth-order valence-electron chi connectivity index (χ4n) is 2.84. The highest BCUT2D eigenvalue weighted by atomic mass is 32.1. The van der Waals surface area contributed by atoms with Gasteiger partial charge >= 0.3 is 0 Å². The van der Waals surface area contributed by atoms with E-state index in [-0.39, 0.29) is 12.1 Å². The largest absolute Gasteiger partial charge is 0.297 e. The van der Waals surface area contributed by atoms with Crippen molar-refractivity contribution in [2.24, 2.45) is 0 Å². The van der Waals surface area contributed by atoms with E-state index >= 15 is 0 Å². The van der Waals surface area contributed by atoms with Gasteiger partial charge < -0.3 is 0 Å². The Balaban J connectivity index is 2.35. The molecule has 0 amide bonds. The maximum atomic E-state index is 4.36. The molecule has 2 aromatic rings. The van der Waals surface area contributed by atoms with E-state index in [1.54, 1.807) is 0 Å². The van der Waals surface area contributed by atoms with Crippen LogP contribution in [-0.4, -0.2) is 14.8 Å². The van der Waals surface area contributed by atoms with Crippen LogP contribution >= 0.6 is 11.3 Å². The lowest BCUT2D eigenvalue weighted by Crippen LogP contribution is -2.25. The van der Waals surface area contributed by atoms with Crippen molar-refractivity contribution in [3.8, 4) is 5.00 Å². The highest BCUT2D eigenvalue weighted by molar-refractivity contribution is 7.14. The number of hydrogen-bond acceptors (Lipinski definition) is 4. The lowest BCUT2D eigenvalue weighted by Gasteiger charge is -2.21. The van der Waals surface area contributed by atoms with E-state index in [0.717, 1.165) is 17.2 Å². The lowest BCUT2D eigenvalue weighted by atomic mass is 9.98. The van der Waals surface area contributed by atoms with E-state index in [4.69, 9.17) is 0 Å². The summed E-state index contributed by atoms with van der Waals surface area (Å²) in [5, 5.41) is 13.5. The van der Waals surface area contributed by atoms with Crippen molar-refractivity contribution in [1.82, 2.24) is 20.1 Å². The summed E-state index contributed by atoms with van der Waals surface area (Å²) >= 11 is 1.82. The molecule has 1 aliphatic heterocycles. The van der Waals surface area contributed by atoms with Gasteiger partial charge in [0.05, 0.1) is 12.1 Å². The minimum absolute atomic E-state index is 0.150. The molecule has 106 valence electrons. The second-order valence-corrected chi connectivity index (χ2v) is 6.81. The number of hydrogen-bond donors (Lipinski definition) is 1. The zero-order chi connectivity index (χ0) is 14.6. The molecule has 1 aliphatic rings. The first kappa shape index (κ1) is 13.5. The number of fused-ring (bicyclic) bond motifs is 3. The summed E-state index contributed by atoms with van der Waals surface area (Å²) < 4.78 is 2.20. The van der Waals surface area contributed by atoms with Crippen LogP contribution in [0.5, 0.6) is 0 Å². The molecule has 2 unspecified atom stereocenters. The van der Waals surface area contributed by atoms with Gasteiger partial charge in [-0.2, -0.15) is 0 Å². The lowest BCUT2D eigenvalue weighted by molar-refractivity contribution is 0.498. The molecule has 0 radical (unpaired) electrons. The van der Waals surface area contributed by atoms with Gasteiger partial charge in [-0.15, -0.1) is 21.5 Å². The molecule has 20 heavy (non-hydrogen) atoms. The molecule has 0 aliphatic carbocycles. The van der Waals surface area contributed by atoms with Crippen LogP contribution < -0.4 is 5.32 Å². The van der Waals surface area contributed by atoms with Gasteiger partial charge in [0.2, 0.25) is 0 Å². The molecule has 2 aromatic heterocycles. The second kappa shape index (κ2) is 4.53. The fourth-order valence-corrected chi connectivity index (χ4v) is 4.09. The maximum absolute atomic E-state index is 4.36. The normalized spacial score (nSPS) is 21.2. The van der Waals surface area contributed by atoms with Gasteiger partial charge in [-0.05, 0) is 40.2 Å². The van der Waals surface area contributed by atoms with Crippen LogP contribution in [0, 0.1) is 20.8 Å². The maximum Gasteiger partial charge on any atom is 0.155 e. The first-order chi connectivity index (χ1) is 9.41. The average Bonchev–Trinajstić information content (AvgIpc) is 2.84. The number of thiophene rings is 1. The van der Waals surface area contributed by atoms with Crippen LogP contribution in [0.3, 0.4) is 0 Å². The van der Waals surface area contributed by atoms with Crippen molar-refractivity contribution in [2.75, 3.05) is 0 Å². The van der Waals surface area contributed by atoms with Crippen molar-refractivity contribution in [3.63, 3.8) is 0 Å². The second-order valence-electron chi connectivity index (χ2n) is 5.61. The van der Waals surface area contributed by atoms with E-state index in [9.17, 15) is 0 Å². The third kappa shape index (κ3) is 1.77. The Labute approximate surface area is 123 Å². The topological polar surface area (TPSA) is 42.7 Å². The van der Waals surface area contributed by atoms with Crippen molar-refractivity contribution in [2.45, 2.75) is 46.7 Å². The minimum atomic E-state index is 0.150. The van der Waals surface area contributed by atoms with Gasteiger partial charge in [0.1, 0.15) is 10.8 Å². The number of aromatic nitrogens is 3. The third-order valence-electron chi connectivity index (χ3n) is 4.05. The predicted molar refractivity (Wildman–Crippen MR) is 82.6 cm³/mol. The Morgan fingerprint density at radius 3 is 2.65 bits per heavy atom. The van der Waals surface area contributed by atoms with Crippen molar-refractivity contribution in [3.05, 3.63) is 39.8 Å². The standard InChI is InChI=1S/C15H20N4S/c1-7(2)13-12-8(3)10(5)20-15(12)19-11(6)17-18-14(19)9(4)16-13/h9,13,16H,1H2,2-6H3. The Hall–Kier alpha value is -1.46.